The summed E-state index contributed by atoms with van der Waals surface area (Å²) in [6, 6.07) is 21.8. The number of halogens is 1. The highest BCUT2D eigenvalue weighted by Gasteiger charge is 2.41. The molecule has 0 aliphatic carbocycles. The zero-order valence-corrected chi connectivity index (χ0v) is 22.8. The molecule has 1 aliphatic heterocycles. The molecule has 1 aliphatic rings. The van der Waals surface area contributed by atoms with Gasteiger partial charge in [-0.1, -0.05) is 29.8 Å². The summed E-state index contributed by atoms with van der Waals surface area (Å²) in [5.74, 6) is 1.59. The van der Waals surface area contributed by atoms with Crippen LogP contribution in [0.5, 0.6) is 11.5 Å². The van der Waals surface area contributed by atoms with Crippen molar-refractivity contribution in [2.75, 3.05) is 14.2 Å². The summed E-state index contributed by atoms with van der Waals surface area (Å²) in [5, 5.41) is 4.90. The van der Waals surface area contributed by atoms with Crippen molar-refractivity contribution in [1.82, 2.24) is 19.8 Å². The van der Waals surface area contributed by atoms with E-state index in [0.29, 0.717) is 16.7 Å². The number of rotatable bonds is 7. The van der Waals surface area contributed by atoms with E-state index in [1.165, 1.54) is 0 Å². The van der Waals surface area contributed by atoms with Crippen LogP contribution >= 0.6 is 23.8 Å². The van der Waals surface area contributed by atoms with Gasteiger partial charge in [-0.15, -0.1) is 0 Å². The van der Waals surface area contributed by atoms with Crippen LogP contribution in [-0.2, 0) is 6.54 Å². The number of thiocarbonyl (C=S) groups is 1. The van der Waals surface area contributed by atoms with E-state index < -0.39 is 0 Å². The zero-order valence-electron chi connectivity index (χ0n) is 21.2. The fraction of sp³-hybridized carbons (Fsp3) is 0.241. The van der Waals surface area contributed by atoms with Crippen molar-refractivity contribution in [2.24, 2.45) is 0 Å². The molecule has 3 heterocycles. The van der Waals surface area contributed by atoms with Crippen molar-refractivity contribution >= 4 is 28.9 Å². The highest BCUT2D eigenvalue weighted by atomic mass is 35.5. The van der Waals surface area contributed by atoms with Crippen LogP contribution < -0.4 is 14.8 Å². The number of nitrogens with one attached hydrogen (secondary N) is 1. The lowest BCUT2D eigenvalue weighted by atomic mass is 9.96. The first-order chi connectivity index (χ1) is 17.9. The molecule has 0 unspecified atom stereocenters. The molecule has 0 bridgehead atoms. The molecule has 0 radical (unpaired) electrons. The van der Waals surface area contributed by atoms with Gasteiger partial charge in [0.15, 0.2) is 5.11 Å². The number of nitrogens with zero attached hydrogens (tertiary/aromatic N) is 3. The topological polar surface area (TPSA) is 51.5 Å². The molecule has 6 nitrogen and oxygen atoms in total. The number of pyridine rings is 1. The van der Waals surface area contributed by atoms with Crippen LogP contribution in [0, 0.1) is 13.8 Å². The Labute approximate surface area is 227 Å². The number of methoxy groups -OCH3 is 2. The summed E-state index contributed by atoms with van der Waals surface area (Å²) >= 11 is 12.3. The van der Waals surface area contributed by atoms with Gasteiger partial charge in [-0.2, -0.15) is 0 Å². The quantitative estimate of drug-likeness (QED) is 0.281. The third-order valence-corrected chi connectivity index (χ3v) is 7.47. The van der Waals surface area contributed by atoms with E-state index in [4.69, 9.17) is 33.3 Å². The van der Waals surface area contributed by atoms with Crippen molar-refractivity contribution < 1.29 is 9.47 Å². The van der Waals surface area contributed by atoms with E-state index in [1.54, 1.807) is 14.2 Å². The molecule has 2 aromatic heterocycles. The first-order valence-corrected chi connectivity index (χ1v) is 12.8. The van der Waals surface area contributed by atoms with Crippen molar-refractivity contribution in [2.45, 2.75) is 32.5 Å². The number of benzene rings is 2. The van der Waals surface area contributed by atoms with Crippen LogP contribution in [0.25, 0.3) is 5.69 Å². The maximum absolute atomic E-state index is 6.40. The van der Waals surface area contributed by atoms with Gasteiger partial charge in [0.2, 0.25) is 0 Å². The first kappa shape index (κ1) is 25.1. The Kier molecular flexibility index (Phi) is 7.09. The molecule has 8 heteroatoms. The summed E-state index contributed by atoms with van der Waals surface area (Å²) in [7, 11) is 3.35. The molecular weight excluding hydrogens is 504 g/mol. The molecule has 0 amide bonds. The molecule has 1 saturated heterocycles. The standard InChI is InChI=1S/C29H29ClN4O2S/c1-18-15-23(19(2)34(18)25-16-21(30)10-13-26(25)36-4)28-27(24-7-5-6-14-31-24)32-29(37)33(28)17-20-8-11-22(35-3)12-9-20/h5-16,27-28H,17H2,1-4H3,(H,32,37)/t27-,28-/m0/s1. The second kappa shape index (κ2) is 10.4. The van der Waals surface area contributed by atoms with Gasteiger partial charge in [0, 0.05) is 29.2 Å². The first-order valence-electron chi connectivity index (χ1n) is 12.0. The Morgan fingerprint density at radius 3 is 2.46 bits per heavy atom. The summed E-state index contributed by atoms with van der Waals surface area (Å²) in [6.45, 7) is 4.88. The molecule has 0 saturated carbocycles. The number of ether oxygens (including phenoxy) is 2. The van der Waals surface area contributed by atoms with Crippen LogP contribution in [0.4, 0.5) is 0 Å². The Morgan fingerprint density at radius 2 is 1.78 bits per heavy atom. The molecule has 1 N–H and O–H groups in total. The predicted molar refractivity (Wildman–Crippen MR) is 151 cm³/mol. The van der Waals surface area contributed by atoms with Crippen LogP contribution in [0.2, 0.25) is 5.02 Å². The molecule has 0 spiro atoms. The molecule has 5 rings (SSSR count). The van der Waals surface area contributed by atoms with Crippen molar-refractivity contribution in [3.05, 3.63) is 106 Å². The second-order valence-electron chi connectivity index (χ2n) is 9.08. The summed E-state index contributed by atoms with van der Waals surface area (Å²) in [6.07, 6.45) is 1.82. The van der Waals surface area contributed by atoms with Crippen molar-refractivity contribution in [3.63, 3.8) is 0 Å². The SMILES string of the molecule is COc1ccc(CN2C(=S)N[C@@H](c3ccccn3)[C@@H]2c2cc(C)n(-c3cc(Cl)ccc3OC)c2C)cc1. The Bertz CT molecular complexity index is 1420. The molecular formula is C29H29ClN4O2S. The van der Waals surface area contributed by atoms with Gasteiger partial charge in [0.1, 0.15) is 11.5 Å². The average Bonchev–Trinajstić information content (AvgIpc) is 3.39. The largest absolute Gasteiger partial charge is 0.497 e. The monoisotopic (exact) mass is 532 g/mol. The van der Waals surface area contributed by atoms with Gasteiger partial charge in [-0.3, -0.25) is 4.98 Å². The lowest BCUT2D eigenvalue weighted by Crippen LogP contribution is -2.29. The van der Waals surface area contributed by atoms with Gasteiger partial charge >= 0.3 is 0 Å². The normalized spacial score (nSPS) is 17.1. The summed E-state index contributed by atoms with van der Waals surface area (Å²) in [4.78, 5) is 6.93. The molecule has 190 valence electrons. The minimum atomic E-state index is -0.109. The van der Waals surface area contributed by atoms with Crippen LogP contribution in [-0.4, -0.2) is 33.8 Å². The van der Waals surface area contributed by atoms with Crippen LogP contribution in [0.15, 0.2) is 72.9 Å². The Hall–Kier alpha value is -3.55. The molecule has 2 atom stereocenters. The van der Waals surface area contributed by atoms with E-state index in [1.807, 2.05) is 54.7 Å². The predicted octanol–water partition coefficient (Wildman–Crippen LogP) is 6.33. The van der Waals surface area contributed by atoms with Gasteiger partial charge < -0.3 is 24.3 Å². The number of hydrogen-bond acceptors (Lipinski definition) is 4. The molecule has 37 heavy (non-hydrogen) atoms. The van der Waals surface area contributed by atoms with Crippen molar-refractivity contribution in [1.29, 1.82) is 0 Å². The Balaban J connectivity index is 1.62. The third-order valence-electron chi connectivity index (χ3n) is 6.88. The summed E-state index contributed by atoms with van der Waals surface area (Å²) in [5.41, 5.74) is 6.32. The average molecular weight is 533 g/mol. The fourth-order valence-electron chi connectivity index (χ4n) is 5.14. The zero-order chi connectivity index (χ0) is 26.1. The second-order valence-corrected chi connectivity index (χ2v) is 9.90. The summed E-state index contributed by atoms with van der Waals surface area (Å²) < 4.78 is 13.2. The van der Waals surface area contributed by atoms with Crippen LogP contribution in [0.3, 0.4) is 0 Å². The van der Waals surface area contributed by atoms with E-state index in [0.717, 1.165) is 45.4 Å². The molecule has 4 aromatic rings. The van der Waals surface area contributed by atoms with E-state index >= 15 is 0 Å². The van der Waals surface area contributed by atoms with Gasteiger partial charge in [0.25, 0.3) is 0 Å². The molecule has 1 fully saturated rings. The fourth-order valence-corrected chi connectivity index (χ4v) is 5.61. The minimum absolute atomic E-state index is 0.0744. The van der Waals surface area contributed by atoms with E-state index in [9.17, 15) is 0 Å². The third kappa shape index (κ3) is 4.77. The van der Waals surface area contributed by atoms with E-state index in [2.05, 4.69) is 51.8 Å². The molecule has 2 aromatic carbocycles. The highest BCUT2D eigenvalue weighted by molar-refractivity contribution is 7.80. The maximum atomic E-state index is 6.40. The minimum Gasteiger partial charge on any atom is -0.497 e. The van der Waals surface area contributed by atoms with E-state index in [-0.39, 0.29) is 12.1 Å². The lowest BCUT2D eigenvalue weighted by molar-refractivity contribution is 0.310. The van der Waals surface area contributed by atoms with Gasteiger partial charge in [0.05, 0.1) is 37.7 Å². The van der Waals surface area contributed by atoms with Crippen molar-refractivity contribution in [3.8, 4) is 17.2 Å². The van der Waals surface area contributed by atoms with Gasteiger partial charge in [-0.05, 0) is 85.7 Å². The van der Waals surface area contributed by atoms with Crippen LogP contribution in [0.1, 0.15) is 40.3 Å². The highest BCUT2D eigenvalue weighted by Crippen LogP contribution is 2.43. The number of hydrogen-bond donors (Lipinski definition) is 1. The van der Waals surface area contributed by atoms with Gasteiger partial charge in [-0.25, -0.2) is 0 Å². The number of aryl methyl sites for hydroxylation is 1. The number of aromatic nitrogens is 2. The Morgan fingerprint density at radius 1 is 1.00 bits per heavy atom. The lowest BCUT2D eigenvalue weighted by Gasteiger charge is -2.28. The smallest absolute Gasteiger partial charge is 0.170 e. The maximum Gasteiger partial charge on any atom is 0.170 e.